The molecule has 0 spiro atoms. The summed E-state index contributed by atoms with van der Waals surface area (Å²) in [6.07, 6.45) is 2.51. The lowest BCUT2D eigenvalue weighted by molar-refractivity contribution is 0.201. The molecule has 26 heavy (non-hydrogen) atoms. The van der Waals surface area contributed by atoms with Crippen molar-refractivity contribution in [2.24, 2.45) is 0 Å². The first-order valence-electron chi connectivity index (χ1n) is 8.65. The highest BCUT2D eigenvalue weighted by molar-refractivity contribution is 6.03. The van der Waals surface area contributed by atoms with E-state index >= 15 is 0 Å². The van der Waals surface area contributed by atoms with E-state index in [0.29, 0.717) is 30.3 Å². The molecule has 3 aromatic rings. The second-order valence-electron chi connectivity index (χ2n) is 6.32. The van der Waals surface area contributed by atoms with Gasteiger partial charge in [0.15, 0.2) is 0 Å². The molecule has 2 amide bonds. The molecule has 0 unspecified atom stereocenters. The van der Waals surface area contributed by atoms with Gasteiger partial charge < -0.3 is 10.6 Å². The Kier molecular flexibility index (Phi) is 4.27. The van der Waals surface area contributed by atoms with E-state index in [2.05, 4.69) is 17.1 Å². The van der Waals surface area contributed by atoms with E-state index in [1.165, 1.54) is 5.56 Å². The average Bonchev–Trinajstić information content (AvgIpc) is 2.68. The number of nitrogens with two attached hydrogens (primary N) is 1. The Labute approximate surface area is 152 Å². The molecule has 1 aliphatic rings. The highest BCUT2D eigenvalue weighted by atomic mass is 16.2. The van der Waals surface area contributed by atoms with E-state index in [4.69, 9.17) is 5.73 Å². The summed E-state index contributed by atoms with van der Waals surface area (Å²) >= 11 is 0. The number of benzene rings is 2. The maximum atomic E-state index is 13.2. The van der Waals surface area contributed by atoms with Gasteiger partial charge in [0.2, 0.25) is 0 Å². The largest absolute Gasteiger partial charge is 0.397 e. The summed E-state index contributed by atoms with van der Waals surface area (Å²) in [6.45, 7) is 1.19. The summed E-state index contributed by atoms with van der Waals surface area (Å²) in [5.74, 6) is 0.659. The summed E-state index contributed by atoms with van der Waals surface area (Å²) in [6, 6.07) is 21.4. The smallest absolute Gasteiger partial charge is 0.330 e. The maximum Gasteiger partial charge on any atom is 0.330 e. The van der Waals surface area contributed by atoms with E-state index < -0.39 is 0 Å². The van der Waals surface area contributed by atoms with Crippen LogP contribution in [0.4, 0.5) is 22.0 Å². The first-order valence-corrected chi connectivity index (χ1v) is 8.65. The number of carbonyl (C=O) groups excluding carboxylic acids is 1. The third-order valence-corrected chi connectivity index (χ3v) is 4.59. The predicted molar refractivity (Wildman–Crippen MR) is 103 cm³/mol. The fourth-order valence-corrected chi connectivity index (χ4v) is 3.25. The summed E-state index contributed by atoms with van der Waals surface area (Å²) in [5.41, 5.74) is 9.60. The highest BCUT2D eigenvalue weighted by Crippen LogP contribution is 2.35. The van der Waals surface area contributed by atoms with Crippen LogP contribution in [0.2, 0.25) is 0 Å². The Hall–Kier alpha value is -3.34. The molecular formula is C21H20N4O. The molecule has 2 aromatic carbocycles. The maximum absolute atomic E-state index is 13.2. The Bertz CT molecular complexity index is 926. The van der Waals surface area contributed by atoms with E-state index in [0.717, 1.165) is 12.0 Å². The SMILES string of the molecule is Nc1ccccc1N1C(=O)N(CCc2ccccc2)Cc2cccnc21. The van der Waals surface area contributed by atoms with Crippen LogP contribution in [0, 0.1) is 0 Å². The molecule has 1 aliphatic heterocycles. The predicted octanol–water partition coefficient (Wildman–Crippen LogP) is 3.98. The number of nitrogen functional groups attached to an aromatic ring is 1. The van der Waals surface area contributed by atoms with Crippen LogP contribution in [-0.2, 0) is 13.0 Å². The van der Waals surface area contributed by atoms with Gasteiger partial charge in [-0.1, -0.05) is 48.5 Å². The molecule has 5 heteroatoms. The van der Waals surface area contributed by atoms with Crippen LogP contribution >= 0.6 is 0 Å². The van der Waals surface area contributed by atoms with Gasteiger partial charge in [0.25, 0.3) is 0 Å². The number of para-hydroxylation sites is 2. The standard InChI is InChI=1S/C21H20N4O/c22-18-10-4-5-11-19(18)25-20-17(9-6-13-23-20)15-24(21(25)26)14-12-16-7-2-1-3-8-16/h1-11,13H,12,14-15,22H2. The normalized spacial score (nSPS) is 13.6. The van der Waals surface area contributed by atoms with Crippen molar-refractivity contribution < 1.29 is 4.79 Å². The number of hydrogen-bond donors (Lipinski definition) is 1. The van der Waals surface area contributed by atoms with Gasteiger partial charge in [0.05, 0.1) is 17.9 Å². The molecule has 2 heterocycles. The van der Waals surface area contributed by atoms with Gasteiger partial charge in [-0.05, 0) is 30.2 Å². The zero-order chi connectivity index (χ0) is 17.9. The summed E-state index contributed by atoms with van der Waals surface area (Å²) < 4.78 is 0. The van der Waals surface area contributed by atoms with Crippen molar-refractivity contribution in [3.63, 3.8) is 0 Å². The Morgan fingerprint density at radius 1 is 0.962 bits per heavy atom. The Balaban J connectivity index is 1.67. The lowest BCUT2D eigenvalue weighted by Crippen LogP contribution is -2.46. The Morgan fingerprint density at radius 3 is 2.54 bits per heavy atom. The lowest BCUT2D eigenvalue weighted by atomic mass is 10.1. The number of urea groups is 1. The monoisotopic (exact) mass is 344 g/mol. The van der Waals surface area contributed by atoms with Crippen molar-refractivity contribution in [2.75, 3.05) is 17.2 Å². The Morgan fingerprint density at radius 2 is 1.73 bits per heavy atom. The quantitative estimate of drug-likeness (QED) is 0.728. The third-order valence-electron chi connectivity index (χ3n) is 4.59. The molecule has 130 valence electrons. The molecule has 0 saturated heterocycles. The molecule has 1 aromatic heterocycles. The molecule has 0 radical (unpaired) electrons. The first kappa shape index (κ1) is 16.1. The summed E-state index contributed by atoms with van der Waals surface area (Å²) in [7, 11) is 0. The molecule has 2 N–H and O–H groups in total. The lowest BCUT2D eigenvalue weighted by Gasteiger charge is -2.36. The van der Waals surface area contributed by atoms with Crippen molar-refractivity contribution in [3.8, 4) is 0 Å². The fourth-order valence-electron chi connectivity index (χ4n) is 3.25. The molecule has 0 atom stereocenters. The van der Waals surface area contributed by atoms with E-state index in [9.17, 15) is 4.79 Å². The van der Waals surface area contributed by atoms with Crippen LogP contribution in [-0.4, -0.2) is 22.5 Å². The molecule has 5 nitrogen and oxygen atoms in total. The van der Waals surface area contributed by atoms with Crippen molar-refractivity contribution >= 4 is 23.2 Å². The molecule has 4 rings (SSSR count). The molecular weight excluding hydrogens is 324 g/mol. The van der Waals surface area contributed by atoms with Crippen LogP contribution in [0.15, 0.2) is 72.9 Å². The van der Waals surface area contributed by atoms with Crippen molar-refractivity contribution in [2.45, 2.75) is 13.0 Å². The van der Waals surface area contributed by atoms with Gasteiger partial charge >= 0.3 is 6.03 Å². The number of amides is 2. The van der Waals surface area contributed by atoms with Gasteiger partial charge in [0, 0.05) is 18.3 Å². The number of aromatic nitrogens is 1. The van der Waals surface area contributed by atoms with Crippen LogP contribution < -0.4 is 10.6 Å². The third kappa shape index (κ3) is 2.99. The second-order valence-corrected chi connectivity index (χ2v) is 6.32. The van der Waals surface area contributed by atoms with Gasteiger partial charge in [-0.15, -0.1) is 0 Å². The molecule has 0 aliphatic carbocycles. The van der Waals surface area contributed by atoms with Crippen molar-refractivity contribution in [1.82, 2.24) is 9.88 Å². The van der Waals surface area contributed by atoms with Gasteiger partial charge in [-0.25, -0.2) is 14.7 Å². The van der Waals surface area contributed by atoms with Gasteiger partial charge in [-0.3, -0.25) is 0 Å². The van der Waals surface area contributed by atoms with Gasteiger partial charge in [0.1, 0.15) is 5.82 Å². The van der Waals surface area contributed by atoms with Crippen LogP contribution in [0.3, 0.4) is 0 Å². The first-order chi connectivity index (χ1) is 12.7. The van der Waals surface area contributed by atoms with Crippen LogP contribution in [0.25, 0.3) is 0 Å². The van der Waals surface area contributed by atoms with Crippen LogP contribution in [0.1, 0.15) is 11.1 Å². The fraction of sp³-hybridized carbons (Fsp3) is 0.143. The minimum absolute atomic E-state index is 0.0926. The number of anilines is 3. The number of hydrogen-bond acceptors (Lipinski definition) is 3. The zero-order valence-corrected chi connectivity index (χ0v) is 14.4. The van der Waals surface area contributed by atoms with Crippen LogP contribution in [0.5, 0.6) is 0 Å². The topological polar surface area (TPSA) is 62.5 Å². The number of carbonyl (C=O) groups is 1. The van der Waals surface area contributed by atoms with Crippen molar-refractivity contribution in [1.29, 1.82) is 0 Å². The molecule has 0 fully saturated rings. The van der Waals surface area contributed by atoms with E-state index in [1.807, 2.05) is 53.4 Å². The zero-order valence-electron chi connectivity index (χ0n) is 14.4. The second kappa shape index (κ2) is 6.88. The minimum atomic E-state index is -0.0926. The number of rotatable bonds is 4. The summed E-state index contributed by atoms with van der Waals surface area (Å²) in [5, 5.41) is 0. The molecule has 0 bridgehead atoms. The molecule has 0 saturated carbocycles. The van der Waals surface area contributed by atoms with Crippen molar-refractivity contribution in [3.05, 3.63) is 84.1 Å². The minimum Gasteiger partial charge on any atom is -0.397 e. The highest BCUT2D eigenvalue weighted by Gasteiger charge is 2.33. The van der Waals surface area contributed by atoms with E-state index in [1.54, 1.807) is 17.2 Å². The number of pyridine rings is 1. The summed E-state index contributed by atoms with van der Waals surface area (Å²) in [4.78, 5) is 21.1. The number of fused-ring (bicyclic) bond motifs is 1. The average molecular weight is 344 g/mol. The van der Waals surface area contributed by atoms with E-state index in [-0.39, 0.29) is 6.03 Å². The number of nitrogens with zero attached hydrogens (tertiary/aromatic N) is 3. The van der Waals surface area contributed by atoms with Gasteiger partial charge in [-0.2, -0.15) is 0 Å².